The Labute approximate surface area is 248 Å². The molecule has 3 rings (SSSR count). The van der Waals surface area contributed by atoms with E-state index in [0.717, 1.165) is 18.1 Å². The normalized spacial score (nSPS) is 11.8. The molecule has 0 aliphatic carbocycles. The number of thioether (sulfide) groups is 1. The largest absolute Gasteiger partial charge is 0.480 e. The maximum atomic E-state index is 13.2. The molecule has 0 aliphatic heterocycles. The number of benzene rings is 1. The van der Waals surface area contributed by atoms with Gasteiger partial charge in [0, 0.05) is 40.5 Å². The van der Waals surface area contributed by atoms with E-state index in [1.807, 2.05) is 45.1 Å². The molecule has 0 saturated carbocycles. The molecule has 1 aromatic carbocycles. The van der Waals surface area contributed by atoms with Gasteiger partial charge in [0.1, 0.15) is 6.04 Å². The standard InChI is InChI=1S/C20H16F3N3O3S.C9H15N.C2H6/c21-20(22,23)16-6-2-5-14-15(16)8-24-9-18(14)30-10-13-4-1-3-12(26-13)7-17(19(28)29)25-11-27;1-3-4-5-6-9(2)7-8-10;1-2/h1-6,8-9,11,17H,7,10H2,(H,25,27)(H,28,29);3-6H,2,7-8,10H2,1H3;1-2H3/b;4-3-,6-5-;. The molecule has 3 aromatic rings. The van der Waals surface area contributed by atoms with Gasteiger partial charge in [0.05, 0.1) is 11.3 Å². The van der Waals surface area contributed by atoms with Gasteiger partial charge in [0.25, 0.3) is 0 Å². The topological polar surface area (TPSA) is 118 Å². The first-order chi connectivity index (χ1) is 20.1. The molecular weight excluding hydrogens is 565 g/mol. The van der Waals surface area contributed by atoms with Crippen LogP contribution in [0.5, 0.6) is 0 Å². The number of allylic oxidation sites excluding steroid dienone is 4. The summed E-state index contributed by atoms with van der Waals surface area (Å²) in [5, 5.41) is 11.8. The van der Waals surface area contributed by atoms with Crippen LogP contribution in [0.25, 0.3) is 10.8 Å². The van der Waals surface area contributed by atoms with Crippen molar-refractivity contribution in [2.45, 2.75) is 56.5 Å². The molecule has 2 heterocycles. The van der Waals surface area contributed by atoms with Crippen molar-refractivity contribution in [1.29, 1.82) is 0 Å². The number of pyridine rings is 2. The minimum atomic E-state index is -4.48. The van der Waals surface area contributed by atoms with E-state index in [2.05, 4.69) is 21.9 Å². The number of hydrogen-bond donors (Lipinski definition) is 3. The number of fused-ring (bicyclic) bond motifs is 1. The lowest BCUT2D eigenvalue weighted by atomic mass is 10.1. The Morgan fingerprint density at radius 2 is 1.81 bits per heavy atom. The molecule has 0 saturated heterocycles. The number of carbonyl (C=O) groups is 2. The van der Waals surface area contributed by atoms with Crippen LogP contribution >= 0.6 is 11.8 Å². The number of aromatic nitrogens is 2. The molecule has 0 bridgehead atoms. The van der Waals surface area contributed by atoms with Gasteiger partial charge in [-0.1, -0.05) is 68.5 Å². The quantitative estimate of drug-likeness (QED) is 0.119. The Balaban J connectivity index is 0.000000624. The van der Waals surface area contributed by atoms with Crippen LogP contribution in [0.2, 0.25) is 0 Å². The minimum absolute atomic E-state index is 0.0113. The van der Waals surface area contributed by atoms with Crippen molar-refractivity contribution >= 4 is 34.9 Å². The summed E-state index contributed by atoms with van der Waals surface area (Å²) in [6, 6.07) is 7.99. The van der Waals surface area contributed by atoms with Crippen LogP contribution in [-0.2, 0) is 27.9 Å². The highest BCUT2D eigenvalue weighted by molar-refractivity contribution is 7.98. The van der Waals surface area contributed by atoms with E-state index in [1.54, 1.807) is 24.3 Å². The lowest BCUT2D eigenvalue weighted by Crippen LogP contribution is -2.37. The lowest BCUT2D eigenvalue weighted by molar-refractivity contribution is -0.140. The average molecular weight is 603 g/mol. The molecule has 42 heavy (non-hydrogen) atoms. The van der Waals surface area contributed by atoms with Crippen molar-refractivity contribution in [2.24, 2.45) is 5.73 Å². The fourth-order valence-corrected chi connectivity index (χ4v) is 4.42. The SMILES string of the molecule is C=C(/C=C\C=C/C)CCN.CC.O=CNC(Cc1cccc(CSc2cncc3c(C(F)(F)F)cccc23)n1)C(=O)O. The zero-order chi connectivity index (χ0) is 31.5. The Hall–Kier alpha value is -3.96. The van der Waals surface area contributed by atoms with Gasteiger partial charge in [0.2, 0.25) is 6.41 Å². The van der Waals surface area contributed by atoms with E-state index < -0.39 is 23.8 Å². The molecule has 11 heteroatoms. The van der Waals surface area contributed by atoms with Crippen molar-refractivity contribution in [2.75, 3.05) is 6.54 Å². The number of carbonyl (C=O) groups excluding carboxylic acids is 1. The molecule has 4 N–H and O–H groups in total. The molecule has 2 aromatic heterocycles. The number of nitrogens with two attached hydrogens (primary N) is 1. The Morgan fingerprint density at radius 1 is 1.12 bits per heavy atom. The van der Waals surface area contributed by atoms with Crippen LogP contribution in [0.3, 0.4) is 0 Å². The summed E-state index contributed by atoms with van der Waals surface area (Å²) < 4.78 is 39.7. The summed E-state index contributed by atoms with van der Waals surface area (Å²) in [6.45, 7) is 10.5. The van der Waals surface area contributed by atoms with Crippen molar-refractivity contribution in [3.05, 3.63) is 102 Å². The number of nitrogens with one attached hydrogen (secondary N) is 1. The van der Waals surface area contributed by atoms with Gasteiger partial charge in [-0.05, 0) is 43.5 Å². The number of amides is 1. The summed E-state index contributed by atoms with van der Waals surface area (Å²) in [5.41, 5.74) is 6.77. The summed E-state index contributed by atoms with van der Waals surface area (Å²) in [5.74, 6) is -0.824. The molecular formula is C31H37F3N4O3S. The number of aliphatic carboxylic acids is 1. The third-order valence-corrected chi connectivity index (χ3v) is 6.47. The number of carboxylic acid groups (broad SMARTS) is 1. The van der Waals surface area contributed by atoms with Gasteiger partial charge >= 0.3 is 12.1 Å². The molecule has 7 nitrogen and oxygen atoms in total. The van der Waals surface area contributed by atoms with Gasteiger partial charge in [-0.15, -0.1) is 11.8 Å². The van der Waals surface area contributed by atoms with E-state index in [1.165, 1.54) is 30.2 Å². The zero-order valence-electron chi connectivity index (χ0n) is 23.9. The van der Waals surface area contributed by atoms with Crippen molar-refractivity contribution in [3.63, 3.8) is 0 Å². The fraction of sp³-hybridized carbons (Fsp3) is 0.290. The number of alkyl halides is 3. The monoisotopic (exact) mass is 602 g/mol. The zero-order valence-corrected chi connectivity index (χ0v) is 24.7. The number of rotatable bonds is 12. The highest BCUT2D eigenvalue weighted by Gasteiger charge is 2.32. The van der Waals surface area contributed by atoms with Crippen molar-refractivity contribution < 1.29 is 27.9 Å². The first-order valence-electron chi connectivity index (χ1n) is 13.2. The highest BCUT2D eigenvalue weighted by atomic mass is 32.2. The molecule has 1 atom stereocenters. The van der Waals surface area contributed by atoms with Crippen molar-refractivity contribution in [3.8, 4) is 0 Å². The van der Waals surface area contributed by atoms with Crippen LogP contribution in [-0.4, -0.2) is 40.0 Å². The van der Waals surface area contributed by atoms with Gasteiger partial charge < -0.3 is 16.2 Å². The molecule has 0 spiro atoms. The van der Waals surface area contributed by atoms with Crippen LogP contribution in [0, 0.1) is 0 Å². The number of halogens is 3. The maximum Gasteiger partial charge on any atom is 0.417 e. The molecule has 1 amide bonds. The predicted octanol–water partition coefficient (Wildman–Crippen LogP) is 6.73. The summed E-state index contributed by atoms with van der Waals surface area (Å²) in [6.07, 6.45) is 7.35. The van der Waals surface area contributed by atoms with E-state index in [4.69, 9.17) is 10.8 Å². The van der Waals surface area contributed by atoms with Crippen LogP contribution < -0.4 is 11.1 Å². The second-order valence-electron chi connectivity index (χ2n) is 8.41. The maximum absolute atomic E-state index is 13.2. The second kappa shape index (κ2) is 19.2. The van der Waals surface area contributed by atoms with E-state index >= 15 is 0 Å². The molecule has 0 fully saturated rings. The highest BCUT2D eigenvalue weighted by Crippen LogP contribution is 2.37. The van der Waals surface area contributed by atoms with Crippen LogP contribution in [0.4, 0.5) is 13.2 Å². The third-order valence-electron chi connectivity index (χ3n) is 5.39. The average Bonchev–Trinajstić information content (AvgIpc) is 2.97. The van der Waals surface area contributed by atoms with Crippen molar-refractivity contribution in [1.82, 2.24) is 15.3 Å². The Bertz CT molecular complexity index is 1360. The number of carboxylic acids is 1. The first kappa shape index (κ1) is 36.1. The van der Waals surface area contributed by atoms with Gasteiger partial charge in [-0.3, -0.25) is 14.8 Å². The van der Waals surface area contributed by atoms with Gasteiger partial charge in [0.15, 0.2) is 0 Å². The van der Waals surface area contributed by atoms with Gasteiger partial charge in [-0.25, -0.2) is 4.79 Å². The number of nitrogens with zero attached hydrogens (tertiary/aromatic N) is 2. The molecule has 0 aliphatic rings. The van der Waals surface area contributed by atoms with Crippen LogP contribution in [0.15, 0.2) is 90.1 Å². The smallest absolute Gasteiger partial charge is 0.417 e. The second-order valence-corrected chi connectivity index (χ2v) is 9.42. The van der Waals surface area contributed by atoms with E-state index in [-0.39, 0.29) is 11.8 Å². The van der Waals surface area contributed by atoms with E-state index in [0.29, 0.717) is 40.4 Å². The number of hydrogen-bond acceptors (Lipinski definition) is 6. The molecule has 0 radical (unpaired) electrons. The van der Waals surface area contributed by atoms with Gasteiger partial charge in [-0.2, -0.15) is 13.2 Å². The molecule has 1 unspecified atom stereocenters. The Morgan fingerprint density at radius 3 is 2.43 bits per heavy atom. The Kier molecular flexibility index (Phi) is 16.5. The summed E-state index contributed by atoms with van der Waals surface area (Å²) in [4.78, 5) is 30.6. The summed E-state index contributed by atoms with van der Waals surface area (Å²) >= 11 is 1.29. The molecule has 226 valence electrons. The fourth-order valence-electron chi connectivity index (χ4n) is 3.49. The summed E-state index contributed by atoms with van der Waals surface area (Å²) in [7, 11) is 0. The van der Waals surface area contributed by atoms with Crippen LogP contribution in [0.1, 0.15) is 44.1 Å². The van der Waals surface area contributed by atoms with E-state index in [9.17, 15) is 22.8 Å². The first-order valence-corrected chi connectivity index (χ1v) is 14.2. The predicted molar refractivity (Wildman–Crippen MR) is 163 cm³/mol. The third kappa shape index (κ3) is 12.3. The lowest BCUT2D eigenvalue weighted by Gasteiger charge is -2.13. The minimum Gasteiger partial charge on any atom is -0.480 e.